The molecule has 0 bridgehead atoms. The van der Waals surface area contributed by atoms with Crippen molar-refractivity contribution in [1.82, 2.24) is 34.2 Å². The van der Waals surface area contributed by atoms with Crippen molar-refractivity contribution in [3.8, 4) is 0 Å². The summed E-state index contributed by atoms with van der Waals surface area (Å²) < 4.78 is 17.8. The fraction of sp³-hybridized carbons (Fsp3) is 0.176. The molecular weight excluding hydrogens is 1010 g/mol. The number of methoxy groups -OCH3 is 2. The Labute approximate surface area is 471 Å². The van der Waals surface area contributed by atoms with E-state index in [9.17, 15) is 4.79 Å². The van der Waals surface area contributed by atoms with Gasteiger partial charge in [-0.15, -0.1) is 0 Å². The Hall–Kier alpha value is -8.87. The Balaban J connectivity index is 0.988. The number of aromatic nitrogens is 6. The lowest BCUT2D eigenvalue weighted by atomic mass is 9.76. The first-order chi connectivity index (χ1) is 39.3. The van der Waals surface area contributed by atoms with Gasteiger partial charge in [0.25, 0.3) is 0 Å². The minimum absolute atomic E-state index is 0.0174. The second kappa shape index (κ2) is 22.5. The van der Waals surface area contributed by atoms with Crippen molar-refractivity contribution in [2.75, 3.05) is 45.3 Å². The molecule has 1 aliphatic heterocycles. The van der Waals surface area contributed by atoms with Crippen LogP contribution >= 0.6 is 11.6 Å². The molecule has 11 aromatic rings. The number of hydrogen-bond donors (Lipinski definition) is 1. The molecule has 0 radical (unpaired) electrons. The standard InChI is InChI=1S/C68H61ClN8O3/c1-48-58(69)35-22-36-63(48)74-37-39-75(40-38-74)64(78)43-60-57-41-55(65(79-2)61-44-76(46-70-61)67(49-23-10-4-11-24-49,50-25-12-5-13-26-50)51-27-14-6-15-28-51)56(42-59(57)72-73-60)66(80-3)62-45-77(47-71-62)68(52-29-16-7-17-30-52,53-31-18-8-19-32-53)54-33-20-9-21-34-54/h4-36,41-42,44-47,65-66H,37-40,43H2,1-3H3,(H,72,73). The molecule has 0 aliphatic carbocycles. The number of imidazole rings is 2. The van der Waals surface area contributed by atoms with Crippen LogP contribution in [0.1, 0.15) is 79.4 Å². The van der Waals surface area contributed by atoms with Crippen molar-refractivity contribution in [3.05, 3.63) is 310 Å². The van der Waals surface area contributed by atoms with Crippen LogP contribution in [0.5, 0.6) is 0 Å². The molecule has 4 heterocycles. The van der Waals surface area contributed by atoms with Crippen LogP contribution < -0.4 is 4.90 Å². The van der Waals surface area contributed by atoms with Crippen LogP contribution in [-0.4, -0.2) is 80.5 Å². The van der Waals surface area contributed by atoms with E-state index in [1.54, 1.807) is 14.2 Å². The summed E-state index contributed by atoms with van der Waals surface area (Å²) in [7, 11) is 3.42. The number of fused-ring (bicyclic) bond motifs is 1. The topological polar surface area (TPSA) is 106 Å². The smallest absolute Gasteiger partial charge is 0.228 e. The van der Waals surface area contributed by atoms with Gasteiger partial charge in [0.15, 0.2) is 0 Å². The maximum absolute atomic E-state index is 14.4. The molecule has 1 aliphatic rings. The second-order valence-corrected chi connectivity index (χ2v) is 20.8. The SMILES string of the molecule is COC(c1cn(C(c2ccccc2)(c2ccccc2)c2ccccc2)cn1)c1cc2n[nH]c(CC(=O)N3CCN(c4cccc(Cl)c4C)CC3)c2cc1C(OC)c1cn(C(c2ccccc2)(c2ccccc2)c2ccccc2)cn1. The largest absolute Gasteiger partial charge is 0.370 e. The summed E-state index contributed by atoms with van der Waals surface area (Å²) >= 11 is 6.53. The Morgan fingerprint density at radius 2 is 0.950 bits per heavy atom. The van der Waals surface area contributed by atoms with E-state index in [4.69, 9.17) is 36.1 Å². The van der Waals surface area contributed by atoms with Gasteiger partial charge >= 0.3 is 0 Å². The zero-order valence-electron chi connectivity index (χ0n) is 44.9. The molecule has 1 amide bonds. The highest BCUT2D eigenvalue weighted by atomic mass is 35.5. The van der Waals surface area contributed by atoms with Gasteiger partial charge in [-0.3, -0.25) is 9.89 Å². The maximum atomic E-state index is 14.4. The van der Waals surface area contributed by atoms with Gasteiger partial charge < -0.3 is 28.4 Å². The van der Waals surface area contributed by atoms with Gasteiger partial charge in [-0.05, 0) is 81.3 Å². The molecule has 2 unspecified atom stereocenters. The fourth-order valence-electron chi connectivity index (χ4n) is 12.2. The monoisotopic (exact) mass is 1070 g/mol. The number of piperazine rings is 1. The van der Waals surface area contributed by atoms with Crippen LogP contribution in [0, 0.1) is 6.92 Å². The summed E-state index contributed by atoms with van der Waals surface area (Å²) in [6, 6.07) is 73.5. The summed E-state index contributed by atoms with van der Waals surface area (Å²) in [6.45, 7) is 4.60. The Bertz CT molecular complexity index is 3670. The van der Waals surface area contributed by atoms with E-state index >= 15 is 0 Å². The maximum Gasteiger partial charge on any atom is 0.228 e. The molecule has 8 aromatic carbocycles. The molecule has 1 saturated heterocycles. The van der Waals surface area contributed by atoms with E-state index in [1.165, 1.54) is 0 Å². The van der Waals surface area contributed by atoms with Gasteiger partial charge in [-0.25, -0.2) is 9.97 Å². The molecular formula is C68H61ClN8O3. The minimum atomic E-state index is -0.818. The molecule has 0 spiro atoms. The lowest BCUT2D eigenvalue weighted by Crippen LogP contribution is -2.49. The zero-order valence-corrected chi connectivity index (χ0v) is 45.7. The number of halogens is 1. The average Bonchev–Trinajstić information content (AvgIpc) is 4.44. The number of carbonyl (C=O) groups excluding carboxylic acids is 1. The summed E-state index contributed by atoms with van der Waals surface area (Å²) in [5.74, 6) is 0.0174. The molecule has 398 valence electrons. The molecule has 11 nitrogen and oxygen atoms in total. The second-order valence-electron chi connectivity index (χ2n) is 20.4. The number of benzene rings is 8. The molecule has 12 rings (SSSR count). The number of carbonyl (C=O) groups is 1. The van der Waals surface area contributed by atoms with E-state index in [-0.39, 0.29) is 12.3 Å². The van der Waals surface area contributed by atoms with Crippen LogP contribution in [0.2, 0.25) is 5.02 Å². The summed E-state index contributed by atoms with van der Waals surface area (Å²) in [4.78, 5) is 29.1. The molecule has 3 aromatic heterocycles. The highest BCUT2D eigenvalue weighted by Crippen LogP contribution is 2.45. The van der Waals surface area contributed by atoms with Crippen molar-refractivity contribution in [3.63, 3.8) is 0 Å². The number of nitrogens with zero attached hydrogens (tertiary/aromatic N) is 7. The summed E-state index contributed by atoms with van der Waals surface area (Å²) in [5.41, 5.74) is 11.2. The molecule has 1 N–H and O–H groups in total. The first-order valence-corrected chi connectivity index (χ1v) is 27.5. The van der Waals surface area contributed by atoms with Gasteiger partial charge in [0.05, 0.1) is 41.7 Å². The quantitative estimate of drug-likeness (QED) is 0.0905. The van der Waals surface area contributed by atoms with Crippen molar-refractivity contribution < 1.29 is 14.3 Å². The van der Waals surface area contributed by atoms with Crippen molar-refractivity contribution in [2.45, 2.75) is 36.6 Å². The van der Waals surface area contributed by atoms with Gasteiger partial charge in [-0.1, -0.05) is 200 Å². The van der Waals surface area contributed by atoms with E-state index in [0.29, 0.717) is 48.8 Å². The first kappa shape index (κ1) is 51.9. The normalized spacial score (nSPS) is 13.8. The van der Waals surface area contributed by atoms with E-state index in [2.05, 4.69) is 195 Å². The van der Waals surface area contributed by atoms with Crippen LogP contribution in [-0.2, 0) is 31.8 Å². The van der Waals surface area contributed by atoms with E-state index in [1.807, 2.05) is 73.0 Å². The number of anilines is 1. The summed E-state index contributed by atoms with van der Waals surface area (Å²) in [5, 5.41) is 9.73. The van der Waals surface area contributed by atoms with Crippen molar-refractivity contribution in [1.29, 1.82) is 0 Å². The third-order valence-electron chi connectivity index (χ3n) is 16.1. The number of H-pyrrole nitrogens is 1. The minimum Gasteiger partial charge on any atom is -0.370 e. The van der Waals surface area contributed by atoms with Gasteiger partial charge in [-0.2, -0.15) is 5.10 Å². The molecule has 0 saturated carbocycles. The van der Waals surface area contributed by atoms with Crippen molar-refractivity contribution in [2.24, 2.45) is 0 Å². The van der Waals surface area contributed by atoms with Crippen molar-refractivity contribution >= 4 is 34.1 Å². The molecule has 80 heavy (non-hydrogen) atoms. The first-order valence-electron chi connectivity index (χ1n) is 27.1. The molecule has 2 atom stereocenters. The van der Waals surface area contributed by atoms with Gasteiger partial charge in [0.1, 0.15) is 23.3 Å². The fourth-order valence-corrected chi connectivity index (χ4v) is 12.4. The number of ether oxygens (including phenoxy) is 2. The highest BCUT2D eigenvalue weighted by Gasteiger charge is 2.41. The Morgan fingerprint density at radius 1 is 0.550 bits per heavy atom. The highest BCUT2D eigenvalue weighted by molar-refractivity contribution is 6.31. The predicted molar refractivity (Wildman–Crippen MR) is 316 cm³/mol. The van der Waals surface area contributed by atoms with Crippen LogP contribution in [0.15, 0.2) is 237 Å². The number of aromatic amines is 1. The molecule has 1 fully saturated rings. The number of amides is 1. The van der Waals surface area contributed by atoms with Crippen LogP contribution in [0.3, 0.4) is 0 Å². The lowest BCUT2D eigenvalue weighted by Gasteiger charge is -2.37. The van der Waals surface area contributed by atoms with Crippen LogP contribution in [0.4, 0.5) is 5.69 Å². The van der Waals surface area contributed by atoms with Crippen LogP contribution in [0.25, 0.3) is 10.9 Å². The molecule has 12 heteroatoms. The Morgan fingerprint density at radius 3 is 1.35 bits per heavy atom. The number of nitrogens with one attached hydrogen (secondary N) is 1. The number of hydrogen-bond acceptors (Lipinski definition) is 7. The van der Waals surface area contributed by atoms with Gasteiger partial charge in [0, 0.05) is 68.9 Å². The van der Waals surface area contributed by atoms with E-state index < -0.39 is 23.3 Å². The van der Waals surface area contributed by atoms with Gasteiger partial charge in [0.2, 0.25) is 5.91 Å². The average molecular weight is 1070 g/mol. The Kier molecular flexibility index (Phi) is 14.6. The lowest BCUT2D eigenvalue weighted by molar-refractivity contribution is -0.130. The zero-order chi connectivity index (χ0) is 54.6. The van der Waals surface area contributed by atoms with E-state index in [0.717, 1.165) is 66.2 Å². The number of rotatable bonds is 17. The third kappa shape index (κ3) is 9.26. The third-order valence-corrected chi connectivity index (χ3v) is 16.5. The summed E-state index contributed by atoms with van der Waals surface area (Å²) in [6.07, 6.45) is 6.71. The predicted octanol–water partition coefficient (Wildman–Crippen LogP) is 13.0.